The van der Waals surface area contributed by atoms with Gasteiger partial charge in [-0.3, -0.25) is 29.5 Å². The molecule has 3 unspecified atom stereocenters. The van der Waals surface area contributed by atoms with Gasteiger partial charge in [-0.2, -0.15) is 5.10 Å². The largest absolute Gasteiger partial charge is 0.379 e. The van der Waals surface area contributed by atoms with Crippen molar-refractivity contribution in [3.05, 3.63) is 81.3 Å². The smallest absolute Gasteiger partial charge is 0.271 e. The molecule has 4 aliphatic heterocycles. The number of imide groups is 1. The highest BCUT2D eigenvalue weighted by molar-refractivity contribution is 6.00. The van der Waals surface area contributed by atoms with Crippen LogP contribution in [0.3, 0.4) is 0 Å². The fourth-order valence-electron chi connectivity index (χ4n) is 8.51. The summed E-state index contributed by atoms with van der Waals surface area (Å²) in [6.45, 7) is 6.61. The third-order valence-electron chi connectivity index (χ3n) is 11.7. The van der Waals surface area contributed by atoms with Crippen LogP contribution in [0, 0.1) is 18.2 Å². The number of nitrogens with zero attached hydrogens (tertiary/aromatic N) is 6. The summed E-state index contributed by atoms with van der Waals surface area (Å²) >= 11 is 0. The van der Waals surface area contributed by atoms with Crippen molar-refractivity contribution in [1.82, 2.24) is 29.9 Å². The normalized spacial score (nSPS) is 24.0. The number of hydrogen-bond donors (Lipinski definition) is 2. The second kappa shape index (κ2) is 14.2. The summed E-state index contributed by atoms with van der Waals surface area (Å²) in [5.74, 6) is -1.72. The van der Waals surface area contributed by atoms with E-state index in [1.165, 1.54) is 16.3 Å². The summed E-state index contributed by atoms with van der Waals surface area (Å²) in [5, 5.41) is 10.0. The van der Waals surface area contributed by atoms with E-state index in [0.29, 0.717) is 22.7 Å². The van der Waals surface area contributed by atoms with E-state index in [9.17, 15) is 19.2 Å². The molecule has 2 aromatic heterocycles. The van der Waals surface area contributed by atoms with Crippen molar-refractivity contribution in [3.63, 3.8) is 0 Å². The number of likely N-dealkylation sites (tertiary alicyclic amines) is 2. The zero-order valence-electron chi connectivity index (χ0n) is 29.7. The van der Waals surface area contributed by atoms with Crippen molar-refractivity contribution in [2.24, 2.45) is 12.5 Å². The van der Waals surface area contributed by atoms with E-state index in [4.69, 9.17) is 0 Å². The van der Waals surface area contributed by atoms with Gasteiger partial charge >= 0.3 is 0 Å². The molecule has 12 nitrogen and oxygen atoms in total. The Morgan fingerprint density at radius 1 is 0.980 bits per heavy atom. The molecule has 4 saturated heterocycles. The number of pyridine rings is 1. The first-order chi connectivity index (χ1) is 24.5. The number of piperidine rings is 4. The van der Waals surface area contributed by atoms with E-state index in [-0.39, 0.29) is 47.4 Å². The van der Waals surface area contributed by atoms with E-state index in [2.05, 4.69) is 49.7 Å². The molecule has 3 amide bonds. The molecule has 2 N–H and O–H groups in total. The van der Waals surface area contributed by atoms with Gasteiger partial charge in [0.2, 0.25) is 11.8 Å². The predicted molar refractivity (Wildman–Crippen MR) is 191 cm³/mol. The molecule has 0 radical (unpaired) electrons. The van der Waals surface area contributed by atoms with E-state index in [1.54, 1.807) is 19.4 Å². The monoisotopic (exact) mass is 698 g/mol. The van der Waals surface area contributed by atoms with Crippen LogP contribution in [0.4, 0.5) is 15.8 Å². The molecule has 1 aromatic carbocycles. The van der Waals surface area contributed by atoms with Crippen LogP contribution in [-0.4, -0.2) is 94.6 Å². The van der Waals surface area contributed by atoms with Crippen molar-refractivity contribution in [2.45, 2.75) is 69.7 Å². The number of aryl methyl sites for hydroxylation is 1. The van der Waals surface area contributed by atoms with Crippen molar-refractivity contribution in [3.8, 4) is 0 Å². The van der Waals surface area contributed by atoms with Gasteiger partial charge in [0.15, 0.2) is 0 Å². The lowest BCUT2D eigenvalue weighted by molar-refractivity contribution is -0.134. The lowest BCUT2D eigenvalue weighted by Crippen LogP contribution is -2.48. The van der Waals surface area contributed by atoms with Crippen LogP contribution in [-0.2, 0) is 16.6 Å². The van der Waals surface area contributed by atoms with Crippen LogP contribution in [0.5, 0.6) is 0 Å². The van der Waals surface area contributed by atoms with Gasteiger partial charge in [-0.05, 0) is 81.5 Å². The highest BCUT2D eigenvalue weighted by Gasteiger charge is 2.39. The zero-order valence-corrected chi connectivity index (χ0v) is 29.7. The minimum atomic E-state index is -0.746. The molecular formula is C38H47FN8O4. The van der Waals surface area contributed by atoms with Gasteiger partial charge in [-0.15, -0.1) is 0 Å². The van der Waals surface area contributed by atoms with Crippen LogP contribution in [0.25, 0.3) is 0 Å². The number of benzene rings is 1. The topological polar surface area (TPSA) is 133 Å². The molecule has 4 aliphatic rings. The average molecular weight is 699 g/mol. The van der Waals surface area contributed by atoms with Crippen molar-refractivity contribution >= 4 is 29.1 Å². The molecule has 7 rings (SSSR count). The minimum Gasteiger partial charge on any atom is -0.379 e. The second-order valence-corrected chi connectivity index (χ2v) is 15.1. The van der Waals surface area contributed by atoms with E-state index >= 15 is 4.39 Å². The summed E-state index contributed by atoms with van der Waals surface area (Å²) in [6.07, 6.45) is 8.53. The van der Waals surface area contributed by atoms with Crippen LogP contribution in [0.1, 0.15) is 84.0 Å². The van der Waals surface area contributed by atoms with Gasteiger partial charge < -0.3 is 20.0 Å². The summed E-state index contributed by atoms with van der Waals surface area (Å²) in [4.78, 5) is 60.5. The van der Waals surface area contributed by atoms with Gasteiger partial charge in [-0.25, -0.2) is 9.07 Å². The molecule has 1 spiro atoms. The number of aromatic nitrogens is 3. The Balaban J connectivity index is 0.911. The molecule has 0 aliphatic carbocycles. The molecule has 4 fully saturated rings. The minimum absolute atomic E-state index is 0.0698. The Labute approximate surface area is 297 Å². The third-order valence-corrected chi connectivity index (χ3v) is 11.7. The summed E-state index contributed by atoms with van der Waals surface area (Å²) < 4.78 is 16.5. The average Bonchev–Trinajstić information content (AvgIpc) is 3.12. The van der Waals surface area contributed by atoms with Gasteiger partial charge in [0.1, 0.15) is 5.82 Å². The van der Waals surface area contributed by atoms with E-state index in [1.807, 2.05) is 24.0 Å². The molecule has 0 bridgehead atoms. The lowest BCUT2D eigenvalue weighted by Gasteiger charge is -2.47. The molecule has 3 aromatic rings. The number of halogens is 1. The highest BCUT2D eigenvalue weighted by Crippen LogP contribution is 2.42. The van der Waals surface area contributed by atoms with E-state index < -0.39 is 17.6 Å². The number of amides is 3. The molecule has 13 heteroatoms. The standard InChI is InChI=1S/C38H47FN8O4/c1-24-32(21-41-45(3)36(24)50)42-28-18-27(22-44(2)23-28)25-4-6-26(7-5-25)37(51)47-16-12-38(13-17-47)10-14-46(15-11-38)29-19-31(39)34(40-20-29)30-8-9-33(48)43-35(30)49/h4-7,19-21,27-28,30,42H,8-18,22-23H2,1-3H3,(H,43,48,49). The van der Waals surface area contributed by atoms with Gasteiger partial charge in [-0.1, -0.05) is 12.1 Å². The SMILES string of the molecule is Cc1c(NC2CC(c3ccc(C(=O)N4CCC5(CC4)CCN(c4cnc(C6CCC(=O)NC6=O)c(F)c4)CC5)cc3)CN(C)C2)cnn(C)c1=O. The summed E-state index contributed by atoms with van der Waals surface area (Å²) in [6, 6.07) is 9.74. The number of hydrogen-bond acceptors (Lipinski definition) is 9. The molecule has 270 valence electrons. The molecule has 0 saturated carbocycles. The predicted octanol–water partition coefficient (Wildman–Crippen LogP) is 3.57. The number of nitrogens with one attached hydrogen (secondary N) is 2. The Bertz CT molecular complexity index is 1860. The number of anilines is 2. The number of carbonyl (C=O) groups is 3. The van der Waals surface area contributed by atoms with Crippen molar-refractivity contribution in [1.29, 1.82) is 0 Å². The van der Waals surface area contributed by atoms with Crippen molar-refractivity contribution < 1.29 is 18.8 Å². The zero-order chi connectivity index (χ0) is 35.9. The molecule has 3 atom stereocenters. The lowest BCUT2D eigenvalue weighted by atomic mass is 9.71. The maximum atomic E-state index is 15.1. The van der Waals surface area contributed by atoms with Gasteiger partial charge in [0.25, 0.3) is 11.5 Å². The molecular weight excluding hydrogens is 651 g/mol. The first kappa shape index (κ1) is 34.8. The van der Waals surface area contributed by atoms with Crippen LogP contribution < -0.4 is 21.1 Å². The number of rotatable bonds is 6. The maximum Gasteiger partial charge on any atom is 0.271 e. The van der Waals surface area contributed by atoms with Crippen molar-refractivity contribution in [2.75, 3.05) is 56.5 Å². The summed E-state index contributed by atoms with van der Waals surface area (Å²) in [5.41, 5.74) is 4.22. The maximum absolute atomic E-state index is 15.1. The van der Waals surface area contributed by atoms with Crippen LogP contribution in [0.15, 0.2) is 47.5 Å². The first-order valence-corrected chi connectivity index (χ1v) is 18.1. The third kappa shape index (κ3) is 7.26. The van der Waals surface area contributed by atoms with Gasteiger partial charge in [0.05, 0.1) is 35.4 Å². The first-order valence-electron chi connectivity index (χ1n) is 18.1. The fraction of sp³-hybridized carbons (Fsp3) is 0.526. The number of likely N-dealkylation sites (N-methyl/N-ethyl adjacent to an activating group) is 1. The summed E-state index contributed by atoms with van der Waals surface area (Å²) in [7, 11) is 3.77. The van der Waals surface area contributed by atoms with Gasteiger partial charge in [0, 0.05) is 76.0 Å². The highest BCUT2D eigenvalue weighted by atomic mass is 19.1. The Kier molecular flexibility index (Phi) is 9.66. The molecule has 51 heavy (non-hydrogen) atoms. The Morgan fingerprint density at radius 3 is 2.37 bits per heavy atom. The molecule has 6 heterocycles. The Hall–Kier alpha value is -4.65. The van der Waals surface area contributed by atoms with Crippen LogP contribution >= 0.6 is 0 Å². The Morgan fingerprint density at radius 2 is 1.69 bits per heavy atom. The fourth-order valence-corrected chi connectivity index (χ4v) is 8.51. The van der Waals surface area contributed by atoms with E-state index in [0.717, 1.165) is 77.1 Å². The second-order valence-electron chi connectivity index (χ2n) is 15.1. The number of carbonyl (C=O) groups excluding carboxylic acids is 3. The van der Waals surface area contributed by atoms with Crippen LogP contribution in [0.2, 0.25) is 0 Å². The quantitative estimate of drug-likeness (QED) is 0.371.